The first-order valence-electron chi connectivity index (χ1n) is 7.03. The molecule has 0 unspecified atom stereocenters. The van der Waals surface area contributed by atoms with E-state index in [-0.39, 0.29) is 12.5 Å². The molecule has 1 heterocycles. The zero-order valence-electron chi connectivity index (χ0n) is 12.7. The predicted octanol–water partition coefficient (Wildman–Crippen LogP) is 2.81. The lowest BCUT2D eigenvalue weighted by Gasteiger charge is -2.13. The van der Waals surface area contributed by atoms with Crippen molar-refractivity contribution in [2.75, 3.05) is 11.9 Å². The lowest BCUT2D eigenvalue weighted by Crippen LogP contribution is -2.35. The van der Waals surface area contributed by atoms with Gasteiger partial charge in [0.05, 0.1) is 4.88 Å². The Labute approximate surface area is 151 Å². The first-order valence-corrected chi connectivity index (χ1v) is 8.70. The van der Waals surface area contributed by atoms with Crippen LogP contribution >= 0.6 is 27.3 Å². The zero-order valence-corrected chi connectivity index (χ0v) is 15.1. The van der Waals surface area contributed by atoms with E-state index in [0.717, 1.165) is 4.47 Å². The minimum Gasteiger partial charge on any atom is -0.451 e. The predicted molar refractivity (Wildman–Crippen MR) is 95.0 cm³/mol. The van der Waals surface area contributed by atoms with E-state index in [9.17, 15) is 14.4 Å². The van der Waals surface area contributed by atoms with Crippen LogP contribution in [0.3, 0.4) is 0 Å². The fourth-order valence-electron chi connectivity index (χ4n) is 1.72. The van der Waals surface area contributed by atoms with Gasteiger partial charge in [-0.15, -0.1) is 11.3 Å². The van der Waals surface area contributed by atoms with Gasteiger partial charge < -0.3 is 15.4 Å². The number of benzene rings is 1. The molecule has 2 N–H and O–H groups in total. The number of nitrogens with one attached hydrogen (secondary N) is 2. The molecule has 126 valence electrons. The molecule has 0 saturated carbocycles. The molecule has 1 aromatic heterocycles. The number of rotatable bonds is 6. The van der Waals surface area contributed by atoms with Crippen molar-refractivity contribution in [2.24, 2.45) is 0 Å². The van der Waals surface area contributed by atoms with Crippen LogP contribution in [0.1, 0.15) is 16.6 Å². The molecule has 2 amide bonds. The van der Waals surface area contributed by atoms with E-state index >= 15 is 0 Å². The molecule has 1 atom stereocenters. The van der Waals surface area contributed by atoms with E-state index in [2.05, 4.69) is 26.6 Å². The van der Waals surface area contributed by atoms with Crippen molar-refractivity contribution in [3.05, 3.63) is 51.1 Å². The van der Waals surface area contributed by atoms with Gasteiger partial charge in [-0.2, -0.15) is 0 Å². The van der Waals surface area contributed by atoms with Crippen molar-refractivity contribution in [1.29, 1.82) is 0 Å². The van der Waals surface area contributed by atoms with E-state index in [1.54, 1.807) is 41.8 Å². The van der Waals surface area contributed by atoms with Gasteiger partial charge in [0.1, 0.15) is 6.54 Å². The second-order valence-electron chi connectivity index (χ2n) is 4.79. The molecule has 0 fully saturated rings. The van der Waals surface area contributed by atoms with Crippen LogP contribution in [0, 0.1) is 0 Å². The molecule has 0 aliphatic heterocycles. The lowest BCUT2D eigenvalue weighted by atomic mass is 10.3. The molecule has 2 rings (SSSR count). The summed E-state index contributed by atoms with van der Waals surface area (Å²) in [5.74, 6) is -1.48. The van der Waals surface area contributed by atoms with Crippen LogP contribution in [0.2, 0.25) is 0 Å². The second-order valence-corrected chi connectivity index (χ2v) is 6.65. The quantitative estimate of drug-likeness (QED) is 0.716. The smallest absolute Gasteiger partial charge is 0.326 e. The number of hydrogen-bond donors (Lipinski definition) is 2. The van der Waals surface area contributed by atoms with Gasteiger partial charge in [-0.25, -0.2) is 0 Å². The Morgan fingerprint density at radius 3 is 2.54 bits per heavy atom. The summed E-state index contributed by atoms with van der Waals surface area (Å²) in [5, 5.41) is 6.85. The van der Waals surface area contributed by atoms with Gasteiger partial charge >= 0.3 is 5.97 Å². The summed E-state index contributed by atoms with van der Waals surface area (Å²) in [7, 11) is 0. The van der Waals surface area contributed by atoms with Crippen LogP contribution in [0.5, 0.6) is 0 Å². The summed E-state index contributed by atoms with van der Waals surface area (Å²) >= 11 is 4.57. The first-order chi connectivity index (χ1) is 11.5. The molecule has 0 radical (unpaired) electrons. The Hall–Kier alpha value is -2.19. The zero-order chi connectivity index (χ0) is 17.5. The number of halogens is 1. The molecule has 0 aliphatic rings. The number of thiophene rings is 1. The van der Waals surface area contributed by atoms with Crippen LogP contribution in [0.15, 0.2) is 46.3 Å². The number of esters is 1. The largest absolute Gasteiger partial charge is 0.451 e. The Morgan fingerprint density at radius 2 is 1.92 bits per heavy atom. The van der Waals surface area contributed by atoms with E-state index in [0.29, 0.717) is 10.6 Å². The first kappa shape index (κ1) is 18.2. The molecule has 8 heteroatoms. The van der Waals surface area contributed by atoms with E-state index in [4.69, 9.17) is 4.74 Å². The van der Waals surface area contributed by atoms with Crippen molar-refractivity contribution in [3.63, 3.8) is 0 Å². The van der Waals surface area contributed by atoms with Crippen LogP contribution in [-0.2, 0) is 14.3 Å². The number of carbonyl (C=O) groups is 3. The molecule has 2 aromatic rings. The van der Waals surface area contributed by atoms with Gasteiger partial charge in [-0.05, 0) is 42.6 Å². The Balaban J connectivity index is 1.77. The highest BCUT2D eigenvalue weighted by atomic mass is 79.9. The maximum Gasteiger partial charge on any atom is 0.326 e. The standard InChI is InChI=1S/C16H15BrN2O4S/c1-10(15(21)19-12-6-4-11(17)5-7-12)23-14(20)9-18-16(22)13-3-2-8-24-13/h2-8,10H,9H2,1H3,(H,18,22)(H,19,21)/t10-/m1/s1. The fraction of sp³-hybridized carbons (Fsp3) is 0.188. The molecule has 24 heavy (non-hydrogen) atoms. The molecular formula is C16H15BrN2O4S. The Morgan fingerprint density at radius 1 is 1.21 bits per heavy atom. The maximum absolute atomic E-state index is 12.0. The maximum atomic E-state index is 12.0. The number of anilines is 1. The highest BCUT2D eigenvalue weighted by Crippen LogP contribution is 2.14. The molecule has 0 saturated heterocycles. The van der Waals surface area contributed by atoms with Crippen molar-refractivity contribution in [1.82, 2.24) is 5.32 Å². The van der Waals surface area contributed by atoms with Crippen LogP contribution < -0.4 is 10.6 Å². The molecular weight excluding hydrogens is 396 g/mol. The Bertz CT molecular complexity index is 716. The van der Waals surface area contributed by atoms with Crippen molar-refractivity contribution >= 4 is 50.7 Å². The lowest BCUT2D eigenvalue weighted by molar-refractivity contribution is -0.152. The van der Waals surface area contributed by atoms with Crippen molar-refractivity contribution in [3.8, 4) is 0 Å². The second kappa shape index (κ2) is 8.60. The average Bonchev–Trinajstić information content (AvgIpc) is 3.09. The molecule has 6 nitrogen and oxygen atoms in total. The number of amides is 2. The van der Waals surface area contributed by atoms with Crippen molar-refractivity contribution in [2.45, 2.75) is 13.0 Å². The van der Waals surface area contributed by atoms with Gasteiger partial charge in [0, 0.05) is 10.2 Å². The molecule has 0 aliphatic carbocycles. The average molecular weight is 411 g/mol. The van der Waals surface area contributed by atoms with Gasteiger partial charge in [-0.1, -0.05) is 22.0 Å². The number of carbonyl (C=O) groups excluding carboxylic acids is 3. The van der Waals surface area contributed by atoms with E-state index in [1.807, 2.05) is 0 Å². The summed E-state index contributed by atoms with van der Waals surface area (Å²) in [4.78, 5) is 35.9. The van der Waals surface area contributed by atoms with E-state index < -0.39 is 18.0 Å². The minimum absolute atomic E-state index is 0.299. The summed E-state index contributed by atoms with van der Waals surface area (Å²) in [6, 6.07) is 10.4. The summed E-state index contributed by atoms with van der Waals surface area (Å²) < 4.78 is 5.89. The summed E-state index contributed by atoms with van der Waals surface area (Å²) in [5.41, 5.74) is 0.595. The summed E-state index contributed by atoms with van der Waals surface area (Å²) in [6.45, 7) is 1.17. The third kappa shape index (κ3) is 5.47. The summed E-state index contributed by atoms with van der Waals surface area (Å²) in [6.07, 6.45) is -0.972. The van der Waals surface area contributed by atoms with Gasteiger partial charge in [0.25, 0.3) is 11.8 Å². The van der Waals surface area contributed by atoms with Gasteiger partial charge in [-0.3, -0.25) is 14.4 Å². The molecule has 0 bridgehead atoms. The van der Waals surface area contributed by atoms with Crippen LogP contribution in [0.25, 0.3) is 0 Å². The third-order valence-corrected chi connectivity index (χ3v) is 4.32. The van der Waals surface area contributed by atoms with Crippen LogP contribution in [0.4, 0.5) is 5.69 Å². The van der Waals surface area contributed by atoms with Crippen LogP contribution in [-0.4, -0.2) is 30.4 Å². The molecule has 1 aromatic carbocycles. The van der Waals surface area contributed by atoms with Gasteiger partial charge in [0.2, 0.25) is 0 Å². The normalized spacial score (nSPS) is 11.4. The van der Waals surface area contributed by atoms with Gasteiger partial charge in [0.15, 0.2) is 6.10 Å². The van der Waals surface area contributed by atoms with E-state index in [1.165, 1.54) is 18.3 Å². The van der Waals surface area contributed by atoms with Crippen molar-refractivity contribution < 1.29 is 19.1 Å². The fourth-order valence-corrected chi connectivity index (χ4v) is 2.62. The Kier molecular flexibility index (Phi) is 6.51. The molecule has 0 spiro atoms. The highest BCUT2D eigenvalue weighted by molar-refractivity contribution is 9.10. The highest BCUT2D eigenvalue weighted by Gasteiger charge is 2.18. The monoisotopic (exact) mass is 410 g/mol. The number of ether oxygens (including phenoxy) is 1. The third-order valence-electron chi connectivity index (χ3n) is 2.93. The SMILES string of the molecule is C[C@@H](OC(=O)CNC(=O)c1cccs1)C(=O)Nc1ccc(Br)cc1. The number of hydrogen-bond acceptors (Lipinski definition) is 5. The minimum atomic E-state index is -0.972. The topological polar surface area (TPSA) is 84.5 Å².